The maximum atomic E-state index is 14.2. The summed E-state index contributed by atoms with van der Waals surface area (Å²) in [4.78, 5) is 86.6. The van der Waals surface area contributed by atoms with Crippen LogP contribution in [0.5, 0.6) is 5.75 Å². The molecule has 0 radical (unpaired) electrons. The number of aliphatic carboxylic acids is 1. The van der Waals surface area contributed by atoms with E-state index in [1.807, 2.05) is 13.8 Å². The predicted octanol–water partition coefficient (Wildman–Crippen LogP) is 0.332. The van der Waals surface area contributed by atoms with Crippen LogP contribution in [-0.4, -0.2) is 112 Å². The fraction of sp³-hybridized carbons (Fsp3) is 0.675. The van der Waals surface area contributed by atoms with Crippen molar-refractivity contribution in [2.24, 2.45) is 39.3 Å². The summed E-state index contributed by atoms with van der Waals surface area (Å²) in [7, 11) is 0. The summed E-state index contributed by atoms with van der Waals surface area (Å²) in [6.45, 7) is 11.5. The number of carbonyl (C=O) groups is 6. The molecule has 1 aliphatic rings. The maximum Gasteiger partial charge on any atom is 0.326 e. The number of unbranched alkanes of at least 4 members (excludes halogenated alkanes) is 1. The summed E-state index contributed by atoms with van der Waals surface area (Å²) in [5, 5.41) is 30.6. The molecule has 0 unspecified atom stereocenters. The molecule has 18 heteroatoms. The molecule has 14 N–H and O–H groups in total. The number of carboxylic acids is 1. The molecule has 1 fully saturated rings. The Morgan fingerprint density at radius 1 is 0.897 bits per heavy atom. The first-order chi connectivity index (χ1) is 27.0. The Labute approximate surface area is 342 Å². The molecule has 5 amide bonds. The first-order valence-electron chi connectivity index (χ1n) is 20.1. The lowest BCUT2D eigenvalue weighted by molar-refractivity contribution is -0.143. The van der Waals surface area contributed by atoms with Gasteiger partial charge < -0.3 is 59.3 Å². The lowest BCUT2D eigenvalue weighted by Gasteiger charge is -2.33. The molecule has 6 atom stereocenters. The largest absolute Gasteiger partial charge is 0.508 e. The SMILES string of the molecule is CC(C)C[C@H](NC(=O)[C@@H](NC(=O)[C@H](Cc1ccc(O)cc1)NC(=O)[C@@H]1CCCN1C(=O)[C@H](CCCN=C(N)N)NC(=O)C[C@@](C)(N)CCCCN)C(C)(C)C)C(=O)O. The van der Waals surface area contributed by atoms with Gasteiger partial charge in [-0.2, -0.15) is 0 Å². The van der Waals surface area contributed by atoms with Gasteiger partial charge in [-0.15, -0.1) is 0 Å². The van der Waals surface area contributed by atoms with Crippen molar-refractivity contribution in [2.45, 2.75) is 141 Å². The van der Waals surface area contributed by atoms with Crippen LogP contribution < -0.4 is 44.2 Å². The van der Waals surface area contributed by atoms with Gasteiger partial charge in [0.2, 0.25) is 29.5 Å². The van der Waals surface area contributed by atoms with E-state index in [1.54, 1.807) is 39.8 Å². The number of carboxylic acid groups (broad SMARTS) is 1. The van der Waals surface area contributed by atoms with Crippen LogP contribution in [0.1, 0.15) is 105 Å². The normalized spacial score (nSPS) is 17.3. The lowest BCUT2D eigenvalue weighted by atomic mass is 9.85. The Balaban J connectivity index is 2.38. The van der Waals surface area contributed by atoms with E-state index in [-0.39, 0.29) is 62.8 Å². The third-order valence-corrected chi connectivity index (χ3v) is 9.93. The molecule has 0 aliphatic carbocycles. The van der Waals surface area contributed by atoms with E-state index in [4.69, 9.17) is 22.9 Å². The minimum absolute atomic E-state index is 0.00428. The summed E-state index contributed by atoms with van der Waals surface area (Å²) in [6, 6.07) is 0.387. The molecule has 1 aromatic rings. The van der Waals surface area contributed by atoms with Crippen LogP contribution >= 0.6 is 0 Å². The second kappa shape index (κ2) is 22.8. The number of phenols is 1. The molecule has 0 bridgehead atoms. The zero-order valence-electron chi connectivity index (χ0n) is 35.0. The summed E-state index contributed by atoms with van der Waals surface area (Å²) in [6.07, 6.45) is 3.39. The van der Waals surface area contributed by atoms with Gasteiger partial charge in [0.1, 0.15) is 36.0 Å². The third-order valence-electron chi connectivity index (χ3n) is 9.93. The van der Waals surface area contributed by atoms with Gasteiger partial charge in [-0.05, 0) is 87.4 Å². The summed E-state index contributed by atoms with van der Waals surface area (Å²) >= 11 is 0. The number of aliphatic imine (C=N–C) groups is 1. The van der Waals surface area contributed by atoms with E-state index in [9.17, 15) is 39.0 Å². The number of aromatic hydroxyl groups is 1. The highest BCUT2D eigenvalue weighted by Gasteiger charge is 2.41. The van der Waals surface area contributed by atoms with Crippen molar-refractivity contribution in [2.75, 3.05) is 19.6 Å². The van der Waals surface area contributed by atoms with Crippen molar-refractivity contribution in [1.29, 1.82) is 0 Å². The molecule has 1 saturated heterocycles. The Hall–Kier alpha value is -4.97. The first kappa shape index (κ1) is 49.2. The molecular formula is C40H68N10O8. The number of nitrogens with zero attached hydrogens (tertiary/aromatic N) is 2. The zero-order chi connectivity index (χ0) is 43.8. The molecule has 58 heavy (non-hydrogen) atoms. The van der Waals surface area contributed by atoms with Crippen molar-refractivity contribution in [1.82, 2.24) is 26.2 Å². The number of hydrogen-bond acceptors (Lipinski definition) is 10. The van der Waals surface area contributed by atoms with Gasteiger partial charge in [-0.3, -0.25) is 29.0 Å². The van der Waals surface area contributed by atoms with E-state index in [0.717, 1.165) is 12.8 Å². The van der Waals surface area contributed by atoms with Crippen LogP contribution in [0.4, 0.5) is 0 Å². The van der Waals surface area contributed by atoms with E-state index < -0.39 is 76.7 Å². The van der Waals surface area contributed by atoms with Gasteiger partial charge in [-0.1, -0.05) is 53.2 Å². The van der Waals surface area contributed by atoms with Crippen LogP contribution in [0, 0.1) is 11.3 Å². The van der Waals surface area contributed by atoms with Crippen molar-refractivity contribution in [3.8, 4) is 5.75 Å². The monoisotopic (exact) mass is 817 g/mol. The van der Waals surface area contributed by atoms with E-state index in [2.05, 4.69) is 26.3 Å². The number of carbonyl (C=O) groups excluding carboxylic acids is 5. The molecule has 18 nitrogen and oxygen atoms in total. The topological polar surface area (TPSA) is 311 Å². The van der Waals surface area contributed by atoms with Crippen molar-refractivity contribution >= 4 is 41.5 Å². The standard InChI is InChI=1S/C40H68N10O8/c1-24(2)21-29(37(57)58)48-35(55)32(39(3,4)5)49-33(53)28(22-25-13-15-26(51)16-14-25)47-34(54)30-12-10-20-50(30)36(56)27(11-9-19-45-38(42)43)46-31(52)23-40(6,44)17-7-8-18-41/h13-16,24,27-30,32,51H,7-12,17-23,41,44H2,1-6H3,(H,46,52)(H,47,54)(H,48,55)(H,49,53)(H,57,58)(H4,42,43,45)/t27-,28-,29-,30-,32+,40-/m0/s1. The summed E-state index contributed by atoms with van der Waals surface area (Å²) in [5.74, 6) is -4.32. The number of rotatable bonds is 23. The number of amides is 5. The Morgan fingerprint density at radius 2 is 1.55 bits per heavy atom. The van der Waals surface area contributed by atoms with Crippen LogP contribution in [0.15, 0.2) is 29.3 Å². The third kappa shape index (κ3) is 16.9. The molecule has 0 aromatic heterocycles. The Morgan fingerprint density at radius 3 is 2.12 bits per heavy atom. The highest BCUT2D eigenvalue weighted by atomic mass is 16.4. The highest BCUT2D eigenvalue weighted by Crippen LogP contribution is 2.23. The van der Waals surface area contributed by atoms with Crippen LogP contribution in [-0.2, 0) is 35.2 Å². The quantitative estimate of drug-likeness (QED) is 0.0406. The molecular weight excluding hydrogens is 749 g/mol. The van der Waals surface area contributed by atoms with Gasteiger partial charge >= 0.3 is 5.97 Å². The second-order valence-corrected chi connectivity index (χ2v) is 17.1. The average molecular weight is 817 g/mol. The van der Waals surface area contributed by atoms with E-state index in [0.29, 0.717) is 31.4 Å². The smallest absolute Gasteiger partial charge is 0.326 e. The molecule has 326 valence electrons. The molecule has 2 rings (SSSR count). The van der Waals surface area contributed by atoms with Gasteiger partial charge in [0.15, 0.2) is 5.96 Å². The second-order valence-electron chi connectivity index (χ2n) is 17.1. The van der Waals surface area contributed by atoms with Gasteiger partial charge in [0, 0.05) is 31.5 Å². The predicted molar refractivity (Wildman–Crippen MR) is 221 cm³/mol. The minimum Gasteiger partial charge on any atom is -0.508 e. The summed E-state index contributed by atoms with van der Waals surface area (Å²) < 4.78 is 0. The number of likely N-dealkylation sites (tertiary alicyclic amines) is 1. The number of guanidine groups is 1. The molecule has 0 saturated carbocycles. The Bertz CT molecular complexity index is 1570. The first-order valence-corrected chi connectivity index (χ1v) is 20.1. The number of hydrogen-bond donors (Lipinski definition) is 10. The van der Waals surface area contributed by atoms with E-state index in [1.165, 1.54) is 17.0 Å². The van der Waals surface area contributed by atoms with Crippen molar-refractivity contribution < 1.29 is 39.0 Å². The molecule has 0 spiro atoms. The number of nitrogens with two attached hydrogens (primary N) is 4. The van der Waals surface area contributed by atoms with Crippen molar-refractivity contribution in [3.05, 3.63) is 29.8 Å². The van der Waals surface area contributed by atoms with E-state index >= 15 is 0 Å². The zero-order valence-corrected chi connectivity index (χ0v) is 35.0. The highest BCUT2D eigenvalue weighted by molar-refractivity contribution is 5.96. The molecule has 1 heterocycles. The Kier molecular flexibility index (Phi) is 19.4. The van der Waals surface area contributed by atoms with Gasteiger partial charge in [-0.25, -0.2) is 4.79 Å². The fourth-order valence-corrected chi connectivity index (χ4v) is 6.85. The lowest BCUT2D eigenvalue weighted by Crippen LogP contribution is -2.61. The average Bonchev–Trinajstić information content (AvgIpc) is 3.61. The molecule has 1 aromatic carbocycles. The van der Waals surface area contributed by atoms with Gasteiger partial charge in [0.25, 0.3) is 0 Å². The van der Waals surface area contributed by atoms with Crippen LogP contribution in [0.3, 0.4) is 0 Å². The van der Waals surface area contributed by atoms with Gasteiger partial charge in [0.05, 0.1) is 0 Å². The fourth-order valence-electron chi connectivity index (χ4n) is 6.85. The van der Waals surface area contributed by atoms with Crippen LogP contribution in [0.25, 0.3) is 0 Å². The maximum absolute atomic E-state index is 14.2. The summed E-state index contributed by atoms with van der Waals surface area (Å²) in [5.41, 5.74) is 21.8. The minimum atomic E-state index is -1.25. The number of phenolic OH excluding ortho intramolecular Hbond substituents is 1. The number of nitrogens with one attached hydrogen (secondary N) is 4. The molecule has 1 aliphatic heterocycles. The van der Waals surface area contributed by atoms with Crippen LogP contribution in [0.2, 0.25) is 0 Å². The van der Waals surface area contributed by atoms with Crippen molar-refractivity contribution in [3.63, 3.8) is 0 Å². The number of benzene rings is 1.